The van der Waals surface area contributed by atoms with Gasteiger partial charge in [0.15, 0.2) is 11.5 Å². The summed E-state index contributed by atoms with van der Waals surface area (Å²) >= 11 is 1.91. The first-order valence-electron chi connectivity index (χ1n) is 6.15. The molecule has 2 aliphatic heterocycles. The predicted molar refractivity (Wildman–Crippen MR) is 69.1 cm³/mol. The molecule has 1 atom stereocenters. The monoisotopic (exact) mass is 251 g/mol. The average molecular weight is 251 g/mol. The Hall–Kier alpha value is -0.870. The Balaban J connectivity index is 1.62. The van der Waals surface area contributed by atoms with Gasteiger partial charge in [-0.15, -0.1) is 11.8 Å². The highest BCUT2D eigenvalue weighted by atomic mass is 32.2. The number of rotatable bonds is 3. The minimum atomic E-state index is 0.660. The van der Waals surface area contributed by atoms with E-state index in [0.717, 1.165) is 24.0 Å². The number of nitrogens with one attached hydrogen (secondary N) is 1. The smallest absolute Gasteiger partial charge is 0.162 e. The minimum absolute atomic E-state index is 0.660. The van der Waals surface area contributed by atoms with E-state index in [4.69, 9.17) is 9.47 Å². The molecular formula is C13H17NO2S. The van der Waals surface area contributed by atoms with Gasteiger partial charge in [0.05, 0.1) is 0 Å². The normalized spacial score (nSPS) is 22.7. The minimum Gasteiger partial charge on any atom is -0.486 e. The SMILES string of the molecule is c1cc2c(cc1SCC1CCNC1)OCCO2. The Morgan fingerprint density at radius 2 is 2.12 bits per heavy atom. The molecule has 3 nitrogen and oxygen atoms in total. The van der Waals surface area contributed by atoms with Gasteiger partial charge in [-0.3, -0.25) is 0 Å². The molecule has 0 aliphatic carbocycles. The van der Waals surface area contributed by atoms with Crippen LogP contribution in [0.2, 0.25) is 0 Å². The van der Waals surface area contributed by atoms with Crippen LogP contribution in [-0.4, -0.2) is 32.1 Å². The van der Waals surface area contributed by atoms with Gasteiger partial charge in [-0.1, -0.05) is 0 Å². The number of hydrogen-bond acceptors (Lipinski definition) is 4. The van der Waals surface area contributed by atoms with Gasteiger partial charge in [0.2, 0.25) is 0 Å². The lowest BCUT2D eigenvalue weighted by molar-refractivity contribution is 0.171. The number of fused-ring (bicyclic) bond motifs is 1. The molecule has 1 fully saturated rings. The molecule has 0 amide bonds. The van der Waals surface area contributed by atoms with Gasteiger partial charge >= 0.3 is 0 Å². The van der Waals surface area contributed by atoms with E-state index in [1.54, 1.807) is 0 Å². The molecule has 4 heteroatoms. The van der Waals surface area contributed by atoms with E-state index in [0.29, 0.717) is 13.2 Å². The van der Waals surface area contributed by atoms with E-state index in [1.165, 1.54) is 23.6 Å². The molecule has 1 N–H and O–H groups in total. The molecule has 1 saturated heterocycles. The van der Waals surface area contributed by atoms with Gasteiger partial charge in [0.25, 0.3) is 0 Å². The standard InChI is InChI=1S/C13H17NO2S/c1-2-12-13(16-6-5-15-12)7-11(1)17-9-10-3-4-14-8-10/h1-2,7,10,14H,3-6,8-9H2. The maximum absolute atomic E-state index is 5.59. The fourth-order valence-corrected chi connectivity index (χ4v) is 3.25. The van der Waals surface area contributed by atoms with Crippen LogP contribution in [0, 0.1) is 5.92 Å². The van der Waals surface area contributed by atoms with Crippen LogP contribution in [0.15, 0.2) is 23.1 Å². The van der Waals surface area contributed by atoms with Crippen molar-refractivity contribution in [1.82, 2.24) is 5.32 Å². The Kier molecular flexibility index (Phi) is 3.43. The topological polar surface area (TPSA) is 30.5 Å². The van der Waals surface area contributed by atoms with E-state index in [2.05, 4.69) is 17.4 Å². The van der Waals surface area contributed by atoms with Crippen LogP contribution < -0.4 is 14.8 Å². The molecular weight excluding hydrogens is 234 g/mol. The first-order valence-corrected chi connectivity index (χ1v) is 7.13. The van der Waals surface area contributed by atoms with E-state index < -0.39 is 0 Å². The van der Waals surface area contributed by atoms with Crippen LogP contribution in [0.5, 0.6) is 11.5 Å². The number of hydrogen-bond donors (Lipinski definition) is 1. The van der Waals surface area contributed by atoms with Crippen molar-refractivity contribution in [1.29, 1.82) is 0 Å². The highest BCUT2D eigenvalue weighted by Crippen LogP contribution is 2.34. The summed E-state index contributed by atoms with van der Waals surface area (Å²) in [5.41, 5.74) is 0. The molecule has 0 radical (unpaired) electrons. The first-order chi connectivity index (χ1) is 8.42. The zero-order chi connectivity index (χ0) is 11.5. The fraction of sp³-hybridized carbons (Fsp3) is 0.538. The molecule has 1 unspecified atom stereocenters. The zero-order valence-electron chi connectivity index (χ0n) is 9.78. The third-order valence-electron chi connectivity index (χ3n) is 3.16. The molecule has 92 valence electrons. The Labute approximate surface area is 106 Å². The molecule has 0 bridgehead atoms. The predicted octanol–water partition coefficient (Wildman–Crippen LogP) is 2.16. The quantitative estimate of drug-likeness (QED) is 0.834. The molecule has 0 aromatic heterocycles. The molecule has 1 aromatic rings. The third-order valence-corrected chi connectivity index (χ3v) is 4.39. The van der Waals surface area contributed by atoms with Gasteiger partial charge in [-0.2, -0.15) is 0 Å². The van der Waals surface area contributed by atoms with E-state index in [-0.39, 0.29) is 0 Å². The lowest BCUT2D eigenvalue weighted by Crippen LogP contribution is -2.15. The van der Waals surface area contributed by atoms with Crippen molar-refractivity contribution in [2.75, 3.05) is 32.1 Å². The van der Waals surface area contributed by atoms with Crippen molar-refractivity contribution in [2.24, 2.45) is 5.92 Å². The second-order valence-corrected chi connectivity index (χ2v) is 5.57. The summed E-state index contributed by atoms with van der Waals surface area (Å²) in [7, 11) is 0. The molecule has 0 saturated carbocycles. The lowest BCUT2D eigenvalue weighted by Gasteiger charge is -2.19. The van der Waals surface area contributed by atoms with Crippen molar-refractivity contribution in [3.63, 3.8) is 0 Å². The summed E-state index contributed by atoms with van der Waals surface area (Å²) in [6.07, 6.45) is 1.30. The largest absolute Gasteiger partial charge is 0.486 e. The van der Waals surface area contributed by atoms with Crippen LogP contribution in [-0.2, 0) is 0 Å². The second-order valence-electron chi connectivity index (χ2n) is 4.48. The van der Waals surface area contributed by atoms with Crippen molar-refractivity contribution < 1.29 is 9.47 Å². The third kappa shape index (κ3) is 2.69. The van der Waals surface area contributed by atoms with Crippen molar-refractivity contribution in [2.45, 2.75) is 11.3 Å². The van der Waals surface area contributed by atoms with Crippen LogP contribution in [0.1, 0.15) is 6.42 Å². The van der Waals surface area contributed by atoms with E-state index in [1.807, 2.05) is 17.8 Å². The summed E-state index contributed by atoms with van der Waals surface area (Å²) in [5.74, 6) is 3.77. The highest BCUT2D eigenvalue weighted by molar-refractivity contribution is 7.99. The van der Waals surface area contributed by atoms with Crippen LogP contribution >= 0.6 is 11.8 Å². The van der Waals surface area contributed by atoms with E-state index in [9.17, 15) is 0 Å². The summed E-state index contributed by atoms with van der Waals surface area (Å²) in [4.78, 5) is 1.28. The Morgan fingerprint density at radius 1 is 1.24 bits per heavy atom. The second kappa shape index (κ2) is 5.19. The molecule has 2 aliphatic rings. The Morgan fingerprint density at radius 3 is 2.94 bits per heavy atom. The molecule has 3 rings (SSSR count). The van der Waals surface area contributed by atoms with Crippen molar-refractivity contribution in [3.8, 4) is 11.5 Å². The number of ether oxygens (including phenoxy) is 2. The van der Waals surface area contributed by atoms with Gasteiger partial charge < -0.3 is 14.8 Å². The van der Waals surface area contributed by atoms with Gasteiger partial charge in [0.1, 0.15) is 13.2 Å². The van der Waals surface area contributed by atoms with Crippen LogP contribution in [0.4, 0.5) is 0 Å². The summed E-state index contributed by atoms with van der Waals surface area (Å²) in [5, 5.41) is 3.40. The molecule has 17 heavy (non-hydrogen) atoms. The Bertz CT molecular complexity index is 391. The van der Waals surface area contributed by atoms with Crippen LogP contribution in [0.3, 0.4) is 0 Å². The van der Waals surface area contributed by atoms with Crippen LogP contribution in [0.25, 0.3) is 0 Å². The van der Waals surface area contributed by atoms with Gasteiger partial charge in [-0.05, 0) is 43.6 Å². The van der Waals surface area contributed by atoms with Crippen molar-refractivity contribution >= 4 is 11.8 Å². The van der Waals surface area contributed by atoms with E-state index >= 15 is 0 Å². The first kappa shape index (κ1) is 11.2. The number of benzene rings is 1. The maximum Gasteiger partial charge on any atom is 0.162 e. The van der Waals surface area contributed by atoms with Crippen molar-refractivity contribution in [3.05, 3.63) is 18.2 Å². The molecule has 1 aromatic carbocycles. The zero-order valence-corrected chi connectivity index (χ0v) is 10.6. The van der Waals surface area contributed by atoms with Gasteiger partial charge in [0, 0.05) is 10.6 Å². The van der Waals surface area contributed by atoms with Gasteiger partial charge in [-0.25, -0.2) is 0 Å². The number of thioether (sulfide) groups is 1. The summed E-state index contributed by atoms with van der Waals surface area (Å²) < 4.78 is 11.1. The lowest BCUT2D eigenvalue weighted by atomic mass is 10.2. The average Bonchev–Trinajstić information content (AvgIpc) is 2.89. The molecule has 0 spiro atoms. The summed E-state index contributed by atoms with van der Waals surface area (Å²) in [6, 6.07) is 6.24. The maximum atomic E-state index is 5.59. The summed E-state index contributed by atoms with van der Waals surface area (Å²) in [6.45, 7) is 3.66. The highest BCUT2D eigenvalue weighted by Gasteiger charge is 2.16. The molecule has 2 heterocycles. The fourth-order valence-electron chi connectivity index (χ4n) is 2.18.